The first kappa shape index (κ1) is 12.5. The average Bonchev–Trinajstić information content (AvgIpc) is 2.62. The zero-order valence-electron chi connectivity index (χ0n) is 9.93. The van der Waals surface area contributed by atoms with Crippen LogP contribution in [0.2, 0.25) is 0 Å². The van der Waals surface area contributed by atoms with Crippen molar-refractivity contribution in [1.82, 2.24) is 10.8 Å². The van der Waals surface area contributed by atoms with E-state index < -0.39 is 0 Å². The van der Waals surface area contributed by atoms with Gasteiger partial charge in [-0.3, -0.25) is 9.63 Å². The van der Waals surface area contributed by atoms with Crippen LogP contribution in [0.15, 0.2) is 0 Å². The van der Waals surface area contributed by atoms with Gasteiger partial charge in [0.2, 0.25) is 5.91 Å². The van der Waals surface area contributed by atoms with E-state index >= 15 is 0 Å². The van der Waals surface area contributed by atoms with Crippen molar-refractivity contribution in [2.24, 2.45) is 5.92 Å². The molecule has 1 atom stereocenters. The number of carbonyl (C=O) groups excluding carboxylic acids is 1. The summed E-state index contributed by atoms with van der Waals surface area (Å²) in [6.45, 7) is 7.87. The summed E-state index contributed by atoms with van der Waals surface area (Å²) in [5, 5.41) is 3.29. The van der Waals surface area contributed by atoms with Gasteiger partial charge in [-0.15, -0.1) is 0 Å². The maximum absolute atomic E-state index is 11.4. The second-order valence-electron chi connectivity index (χ2n) is 5.14. The molecule has 15 heavy (non-hydrogen) atoms. The molecule has 0 aromatic carbocycles. The van der Waals surface area contributed by atoms with Crippen molar-refractivity contribution >= 4 is 5.91 Å². The topological polar surface area (TPSA) is 50.4 Å². The molecule has 1 aliphatic rings. The van der Waals surface area contributed by atoms with Crippen LogP contribution in [0.3, 0.4) is 0 Å². The predicted molar refractivity (Wildman–Crippen MR) is 59.2 cm³/mol. The van der Waals surface area contributed by atoms with E-state index in [1.807, 2.05) is 20.8 Å². The van der Waals surface area contributed by atoms with Gasteiger partial charge in [-0.1, -0.05) is 0 Å². The van der Waals surface area contributed by atoms with Crippen molar-refractivity contribution in [3.8, 4) is 0 Å². The van der Waals surface area contributed by atoms with Crippen molar-refractivity contribution < 1.29 is 9.63 Å². The third-order valence-corrected chi connectivity index (χ3v) is 2.41. The van der Waals surface area contributed by atoms with Gasteiger partial charge >= 0.3 is 0 Å². The Hall–Kier alpha value is -0.610. The second-order valence-corrected chi connectivity index (χ2v) is 5.14. The number of rotatable bonds is 4. The van der Waals surface area contributed by atoms with Crippen molar-refractivity contribution in [3.63, 3.8) is 0 Å². The third-order valence-electron chi connectivity index (χ3n) is 2.41. The largest absolute Gasteiger partial charge is 0.316 e. The zero-order chi connectivity index (χ0) is 11.3. The molecule has 0 aliphatic carbocycles. The Kier molecular flexibility index (Phi) is 4.54. The van der Waals surface area contributed by atoms with Gasteiger partial charge in [0.25, 0.3) is 0 Å². The summed E-state index contributed by atoms with van der Waals surface area (Å²) in [6, 6.07) is 0. The standard InChI is InChI=1S/C11H22N2O2/c1-11(2,3)15-13-10(14)5-4-9-6-7-12-8-9/h9,12H,4-8H2,1-3H3,(H,13,14). The monoisotopic (exact) mass is 214 g/mol. The molecular weight excluding hydrogens is 192 g/mol. The highest BCUT2D eigenvalue weighted by molar-refractivity contribution is 5.74. The van der Waals surface area contributed by atoms with Crippen molar-refractivity contribution in [2.45, 2.75) is 45.6 Å². The molecule has 2 N–H and O–H groups in total. The molecule has 0 aromatic rings. The van der Waals surface area contributed by atoms with Crippen LogP contribution in [0.25, 0.3) is 0 Å². The first-order chi connectivity index (χ1) is 6.97. The summed E-state index contributed by atoms with van der Waals surface area (Å²) in [5.74, 6) is 0.641. The van der Waals surface area contributed by atoms with Gasteiger partial charge in [-0.05, 0) is 52.6 Å². The fraction of sp³-hybridized carbons (Fsp3) is 0.909. The molecule has 0 bridgehead atoms. The molecule has 1 saturated heterocycles. The maximum Gasteiger partial charge on any atom is 0.243 e. The minimum atomic E-state index is -0.315. The van der Waals surface area contributed by atoms with E-state index in [4.69, 9.17) is 4.84 Å². The zero-order valence-corrected chi connectivity index (χ0v) is 9.93. The molecule has 1 fully saturated rings. The van der Waals surface area contributed by atoms with E-state index in [9.17, 15) is 4.79 Å². The molecule has 0 aromatic heterocycles. The van der Waals surface area contributed by atoms with Crippen LogP contribution >= 0.6 is 0 Å². The van der Waals surface area contributed by atoms with Gasteiger partial charge < -0.3 is 5.32 Å². The normalized spacial score (nSPS) is 21.7. The number of carbonyl (C=O) groups is 1. The Labute approximate surface area is 91.7 Å². The van der Waals surface area contributed by atoms with E-state index in [2.05, 4.69) is 10.8 Å². The highest BCUT2D eigenvalue weighted by Gasteiger charge is 2.17. The minimum Gasteiger partial charge on any atom is -0.316 e. The van der Waals surface area contributed by atoms with Crippen molar-refractivity contribution in [1.29, 1.82) is 0 Å². The second kappa shape index (κ2) is 5.47. The molecule has 1 amide bonds. The van der Waals surface area contributed by atoms with Crippen LogP contribution in [-0.4, -0.2) is 24.6 Å². The van der Waals surface area contributed by atoms with Crippen molar-refractivity contribution in [3.05, 3.63) is 0 Å². The highest BCUT2D eigenvalue weighted by Crippen LogP contribution is 2.14. The Morgan fingerprint density at radius 2 is 2.27 bits per heavy atom. The van der Waals surface area contributed by atoms with Gasteiger partial charge in [0.05, 0.1) is 5.60 Å². The lowest BCUT2D eigenvalue weighted by Gasteiger charge is -2.19. The molecule has 0 spiro atoms. The first-order valence-corrected chi connectivity index (χ1v) is 5.65. The van der Waals surface area contributed by atoms with Gasteiger partial charge in [-0.2, -0.15) is 0 Å². The molecular formula is C11H22N2O2. The Morgan fingerprint density at radius 1 is 1.53 bits per heavy atom. The lowest BCUT2D eigenvalue weighted by Crippen LogP contribution is -2.33. The predicted octanol–water partition coefficient (Wildman–Crippen LogP) is 1.22. The Balaban J connectivity index is 2.08. The lowest BCUT2D eigenvalue weighted by molar-refractivity contribution is -0.145. The molecule has 1 unspecified atom stereocenters. The van der Waals surface area contributed by atoms with E-state index in [-0.39, 0.29) is 11.5 Å². The minimum absolute atomic E-state index is 0.0168. The molecule has 0 radical (unpaired) electrons. The number of hydroxylamine groups is 1. The van der Waals surface area contributed by atoms with Crippen LogP contribution in [-0.2, 0) is 9.63 Å². The molecule has 4 heteroatoms. The SMILES string of the molecule is CC(C)(C)ONC(=O)CCC1CCNC1. The summed E-state index contributed by atoms with van der Waals surface area (Å²) in [6.07, 6.45) is 2.70. The van der Waals surface area contributed by atoms with Crippen LogP contribution in [0.4, 0.5) is 0 Å². The summed E-state index contributed by atoms with van der Waals surface area (Å²) < 4.78 is 0. The van der Waals surface area contributed by atoms with Crippen LogP contribution < -0.4 is 10.8 Å². The fourth-order valence-corrected chi connectivity index (χ4v) is 1.56. The summed E-state index contributed by atoms with van der Waals surface area (Å²) >= 11 is 0. The Bertz CT molecular complexity index is 205. The van der Waals surface area contributed by atoms with Gasteiger partial charge in [-0.25, -0.2) is 5.48 Å². The first-order valence-electron chi connectivity index (χ1n) is 5.65. The van der Waals surface area contributed by atoms with E-state index in [1.54, 1.807) is 0 Å². The quantitative estimate of drug-likeness (QED) is 0.692. The summed E-state index contributed by atoms with van der Waals surface area (Å²) in [7, 11) is 0. The number of hydrogen-bond donors (Lipinski definition) is 2. The molecule has 0 saturated carbocycles. The summed E-state index contributed by atoms with van der Waals surface area (Å²) in [4.78, 5) is 16.6. The van der Waals surface area contributed by atoms with Gasteiger partial charge in [0.1, 0.15) is 0 Å². The van der Waals surface area contributed by atoms with Gasteiger partial charge in [0.15, 0.2) is 0 Å². The van der Waals surface area contributed by atoms with Crippen molar-refractivity contribution in [2.75, 3.05) is 13.1 Å². The van der Waals surface area contributed by atoms with Gasteiger partial charge in [0, 0.05) is 6.42 Å². The average molecular weight is 214 g/mol. The van der Waals surface area contributed by atoms with Crippen LogP contribution in [0, 0.1) is 5.92 Å². The molecule has 1 aliphatic heterocycles. The van der Waals surface area contributed by atoms with E-state index in [0.29, 0.717) is 12.3 Å². The number of nitrogens with one attached hydrogen (secondary N) is 2. The molecule has 88 valence electrons. The van der Waals surface area contributed by atoms with Crippen LogP contribution in [0.1, 0.15) is 40.0 Å². The maximum atomic E-state index is 11.4. The van der Waals surface area contributed by atoms with E-state index in [1.165, 1.54) is 6.42 Å². The fourth-order valence-electron chi connectivity index (χ4n) is 1.56. The third kappa shape index (κ3) is 5.74. The molecule has 1 heterocycles. The molecule has 1 rings (SSSR count). The molecule has 4 nitrogen and oxygen atoms in total. The number of hydrogen-bond acceptors (Lipinski definition) is 3. The number of amides is 1. The smallest absolute Gasteiger partial charge is 0.243 e. The lowest BCUT2D eigenvalue weighted by atomic mass is 10.0. The Morgan fingerprint density at radius 3 is 2.80 bits per heavy atom. The van der Waals surface area contributed by atoms with Crippen LogP contribution in [0.5, 0.6) is 0 Å². The summed E-state index contributed by atoms with van der Waals surface area (Å²) in [5.41, 5.74) is 2.17. The highest BCUT2D eigenvalue weighted by atomic mass is 16.7. The van der Waals surface area contributed by atoms with E-state index in [0.717, 1.165) is 19.5 Å².